The second kappa shape index (κ2) is 7.09. The molecule has 2 fully saturated rings. The zero-order valence-electron chi connectivity index (χ0n) is 12.5. The molecule has 1 aliphatic heterocycles. The normalized spacial score (nSPS) is 23.2. The Hall–Kier alpha value is -0.620. The van der Waals surface area contributed by atoms with E-state index in [1.165, 1.54) is 18.4 Å². The summed E-state index contributed by atoms with van der Waals surface area (Å²) in [4.78, 5) is 2.28. The lowest BCUT2D eigenvalue weighted by Gasteiger charge is -2.29. The van der Waals surface area contributed by atoms with Gasteiger partial charge >= 0.3 is 0 Å². The van der Waals surface area contributed by atoms with E-state index in [2.05, 4.69) is 45.3 Å². The highest BCUT2D eigenvalue weighted by Crippen LogP contribution is 2.25. The molecule has 4 nitrogen and oxygen atoms in total. The fourth-order valence-electron chi connectivity index (χ4n) is 2.47. The van der Waals surface area contributed by atoms with Gasteiger partial charge in [-0.1, -0.05) is 15.9 Å². The van der Waals surface area contributed by atoms with Crippen molar-refractivity contribution < 1.29 is 9.47 Å². The third-order valence-corrected chi connectivity index (χ3v) is 4.73. The average molecular weight is 355 g/mol. The Balaban J connectivity index is 1.53. The minimum absolute atomic E-state index is 0.167. The van der Waals surface area contributed by atoms with Crippen LogP contribution in [0.3, 0.4) is 0 Å². The monoisotopic (exact) mass is 354 g/mol. The summed E-state index contributed by atoms with van der Waals surface area (Å²) < 4.78 is 12.8. The average Bonchev–Trinajstić information content (AvgIpc) is 3.29. The third-order valence-electron chi connectivity index (χ3n) is 3.95. The number of morpholine rings is 1. The molecule has 1 saturated heterocycles. The SMILES string of the molecule is CN1CCOC(COc2ccc(Br)c(CNC3CC3)c2)C1. The Bertz CT molecular complexity index is 479. The van der Waals surface area contributed by atoms with Crippen LogP contribution in [0.15, 0.2) is 22.7 Å². The van der Waals surface area contributed by atoms with E-state index in [4.69, 9.17) is 9.47 Å². The molecule has 1 saturated carbocycles. The van der Waals surface area contributed by atoms with Gasteiger partial charge in [-0.05, 0) is 43.7 Å². The summed E-state index contributed by atoms with van der Waals surface area (Å²) in [6.07, 6.45) is 2.78. The van der Waals surface area contributed by atoms with Gasteiger partial charge < -0.3 is 19.7 Å². The predicted octanol–water partition coefficient (Wildman–Crippen LogP) is 2.41. The highest BCUT2D eigenvalue weighted by Gasteiger charge is 2.21. The third kappa shape index (κ3) is 4.68. The molecule has 1 heterocycles. The molecular formula is C16H23BrN2O2. The van der Waals surface area contributed by atoms with Crippen molar-refractivity contribution in [3.8, 4) is 5.75 Å². The van der Waals surface area contributed by atoms with E-state index in [0.29, 0.717) is 12.6 Å². The van der Waals surface area contributed by atoms with Crippen LogP contribution < -0.4 is 10.1 Å². The number of benzene rings is 1. The Morgan fingerprint density at radius 3 is 3.05 bits per heavy atom. The zero-order chi connectivity index (χ0) is 14.7. The molecule has 2 aliphatic rings. The maximum Gasteiger partial charge on any atom is 0.119 e. The number of hydrogen-bond acceptors (Lipinski definition) is 4. The van der Waals surface area contributed by atoms with E-state index in [1.54, 1.807) is 0 Å². The molecule has 21 heavy (non-hydrogen) atoms. The van der Waals surface area contributed by atoms with E-state index in [-0.39, 0.29) is 6.10 Å². The number of halogens is 1. The van der Waals surface area contributed by atoms with Crippen LogP contribution in [0.5, 0.6) is 5.75 Å². The second-order valence-electron chi connectivity index (χ2n) is 5.97. The highest BCUT2D eigenvalue weighted by atomic mass is 79.9. The summed E-state index contributed by atoms with van der Waals surface area (Å²) in [7, 11) is 2.12. The first-order valence-electron chi connectivity index (χ1n) is 7.65. The largest absolute Gasteiger partial charge is 0.491 e. The Morgan fingerprint density at radius 1 is 1.43 bits per heavy atom. The predicted molar refractivity (Wildman–Crippen MR) is 86.7 cm³/mol. The molecule has 0 aromatic heterocycles. The van der Waals surface area contributed by atoms with Gasteiger partial charge in [0.1, 0.15) is 18.5 Å². The highest BCUT2D eigenvalue weighted by molar-refractivity contribution is 9.10. The summed E-state index contributed by atoms with van der Waals surface area (Å²) in [5.74, 6) is 0.919. The van der Waals surface area contributed by atoms with E-state index in [0.717, 1.165) is 36.5 Å². The van der Waals surface area contributed by atoms with Gasteiger partial charge in [0, 0.05) is 30.1 Å². The molecule has 3 rings (SSSR count). The summed E-state index contributed by atoms with van der Waals surface area (Å²) >= 11 is 3.61. The Morgan fingerprint density at radius 2 is 2.29 bits per heavy atom. The summed E-state index contributed by atoms with van der Waals surface area (Å²) in [5, 5.41) is 3.54. The van der Waals surface area contributed by atoms with Gasteiger partial charge in [0.15, 0.2) is 0 Å². The molecule has 1 N–H and O–H groups in total. The van der Waals surface area contributed by atoms with Gasteiger partial charge in [-0.2, -0.15) is 0 Å². The number of hydrogen-bond donors (Lipinski definition) is 1. The lowest BCUT2D eigenvalue weighted by molar-refractivity contribution is -0.0403. The van der Waals surface area contributed by atoms with Crippen molar-refractivity contribution in [2.45, 2.75) is 31.5 Å². The van der Waals surface area contributed by atoms with Gasteiger partial charge in [0.05, 0.1) is 6.61 Å². The van der Waals surface area contributed by atoms with Crippen LogP contribution in [0.25, 0.3) is 0 Å². The number of ether oxygens (including phenoxy) is 2. The van der Waals surface area contributed by atoms with Crippen LogP contribution in [0.2, 0.25) is 0 Å². The summed E-state index contributed by atoms with van der Waals surface area (Å²) in [5.41, 5.74) is 1.25. The molecule has 1 aromatic rings. The molecule has 1 aromatic carbocycles. The van der Waals surface area contributed by atoms with E-state index >= 15 is 0 Å². The van der Waals surface area contributed by atoms with Crippen molar-refractivity contribution in [2.75, 3.05) is 33.4 Å². The van der Waals surface area contributed by atoms with Gasteiger partial charge in [-0.25, -0.2) is 0 Å². The molecule has 0 bridgehead atoms. The first kappa shape index (κ1) is 15.3. The molecule has 116 valence electrons. The van der Waals surface area contributed by atoms with E-state index in [1.807, 2.05) is 6.07 Å². The Labute approximate surface area is 134 Å². The van der Waals surface area contributed by atoms with E-state index in [9.17, 15) is 0 Å². The number of likely N-dealkylation sites (N-methyl/N-ethyl adjacent to an activating group) is 1. The fraction of sp³-hybridized carbons (Fsp3) is 0.625. The molecule has 1 atom stereocenters. The molecule has 0 radical (unpaired) electrons. The molecule has 0 amide bonds. The standard InChI is InChI=1S/C16H23BrN2O2/c1-19-6-7-20-15(10-19)11-21-14-4-5-16(17)12(8-14)9-18-13-2-3-13/h4-5,8,13,15,18H,2-3,6-7,9-11H2,1H3. The first-order chi connectivity index (χ1) is 10.2. The lowest BCUT2D eigenvalue weighted by atomic mass is 10.2. The van der Waals surface area contributed by atoms with Crippen molar-refractivity contribution in [1.29, 1.82) is 0 Å². The van der Waals surface area contributed by atoms with Gasteiger partial charge in [-0.15, -0.1) is 0 Å². The van der Waals surface area contributed by atoms with Crippen LogP contribution >= 0.6 is 15.9 Å². The number of nitrogens with one attached hydrogen (secondary N) is 1. The quantitative estimate of drug-likeness (QED) is 0.850. The van der Waals surface area contributed by atoms with Gasteiger partial charge in [0.2, 0.25) is 0 Å². The molecule has 1 unspecified atom stereocenters. The summed E-state index contributed by atoms with van der Waals surface area (Å²) in [6, 6.07) is 6.91. The van der Waals surface area contributed by atoms with Crippen molar-refractivity contribution in [2.24, 2.45) is 0 Å². The van der Waals surface area contributed by atoms with Crippen LogP contribution in [0.4, 0.5) is 0 Å². The van der Waals surface area contributed by atoms with Crippen molar-refractivity contribution >= 4 is 15.9 Å². The first-order valence-corrected chi connectivity index (χ1v) is 8.45. The molecule has 5 heteroatoms. The maximum absolute atomic E-state index is 5.91. The lowest BCUT2D eigenvalue weighted by Crippen LogP contribution is -2.42. The van der Waals surface area contributed by atoms with Crippen LogP contribution in [-0.4, -0.2) is 50.4 Å². The zero-order valence-corrected chi connectivity index (χ0v) is 14.1. The molecule has 0 spiro atoms. The van der Waals surface area contributed by atoms with Crippen LogP contribution in [0.1, 0.15) is 18.4 Å². The second-order valence-corrected chi connectivity index (χ2v) is 6.83. The smallest absolute Gasteiger partial charge is 0.119 e. The topological polar surface area (TPSA) is 33.7 Å². The van der Waals surface area contributed by atoms with Crippen molar-refractivity contribution in [3.63, 3.8) is 0 Å². The molecule has 1 aliphatic carbocycles. The van der Waals surface area contributed by atoms with Crippen LogP contribution in [0, 0.1) is 0 Å². The minimum atomic E-state index is 0.167. The summed E-state index contributed by atoms with van der Waals surface area (Å²) in [6.45, 7) is 4.24. The molecular weight excluding hydrogens is 332 g/mol. The fourth-order valence-corrected chi connectivity index (χ4v) is 2.86. The minimum Gasteiger partial charge on any atom is -0.491 e. The number of nitrogens with zero attached hydrogens (tertiary/aromatic N) is 1. The van der Waals surface area contributed by atoms with Gasteiger partial charge in [-0.3, -0.25) is 0 Å². The van der Waals surface area contributed by atoms with Crippen LogP contribution in [-0.2, 0) is 11.3 Å². The van der Waals surface area contributed by atoms with Crippen molar-refractivity contribution in [1.82, 2.24) is 10.2 Å². The number of rotatable bonds is 6. The van der Waals surface area contributed by atoms with E-state index < -0.39 is 0 Å². The van der Waals surface area contributed by atoms with Crippen molar-refractivity contribution in [3.05, 3.63) is 28.2 Å². The van der Waals surface area contributed by atoms with Gasteiger partial charge in [0.25, 0.3) is 0 Å². The maximum atomic E-state index is 5.91. The Kier molecular flexibility index (Phi) is 5.16.